The molecular weight excluding hydrogens is 260 g/mol. The van der Waals surface area contributed by atoms with Gasteiger partial charge in [0.2, 0.25) is 5.69 Å². The predicted molar refractivity (Wildman–Crippen MR) is 75.4 cm³/mol. The average Bonchev–Trinajstić information content (AvgIpc) is 2.45. The van der Waals surface area contributed by atoms with E-state index in [0.717, 1.165) is 5.56 Å². The predicted octanol–water partition coefficient (Wildman–Crippen LogP) is 4.44. The van der Waals surface area contributed by atoms with Crippen LogP contribution in [0.5, 0.6) is 0 Å². The van der Waals surface area contributed by atoms with Crippen molar-refractivity contribution in [1.82, 2.24) is 0 Å². The van der Waals surface area contributed by atoms with Gasteiger partial charge >= 0.3 is 0 Å². The quantitative estimate of drug-likeness (QED) is 0.357. The number of thioether (sulfide) groups is 1. The van der Waals surface area contributed by atoms with Gasteiger partial charge in [0.1, 0.15) is 0 Å². The molecule has 0 heterocycles. The minimum atomic E-state index is -0.444. The molecule has 0 N–H and O–H groups in total. The Morgan fingerprint density at radius 2 is 1.95 bits per heavy atom. The van der Waals surface area contributed by atoms with Gasteiger partial charge in [-0.2, -0.15) is 0 Å². The molecule has 2 aromatic carbocycles. The van der Waals surface area contributed by atoms with Gasteiger partial charge in [0.15, 0.2) is 0 Å². The lowest BCUT2D eigenvalue weighted by molar-refractivity contribution is -0.385. The van der Waals surface area contributed by atoms with E-state index in [-0.39, 0.29) is 5.69 Å². The molecule has 0 aromatic heterocycles. The van der Waals surface area contributed by atoms with E-state index in [1.807, 2.05) is 30.3 Å². The number of non-ortho nitro benzene ring substituents is 1. The highest BCUT2D eigenvalue weighted by atomic mass is 32.2. The van der Waals surface area contributed by atoms with Crippen molar-refractivity contribution in [2.45, 2.75) is 10.6 Å². The van der Waals surface area contributed by atoms with Crippen molar-refractivity contribution in [3.63, 3.8) is 0 Å². The second-order valence-electron chi connectivity index (χ2n) is 3.80. The van der Waals surface area contributed by atoms with E-state index >= 15 is 0 Å². The first kappa shape index (κ1) is 13.1. The van der Waals surface area contributed by atoms with E-state index in [1.165, 1.54) is 30.0 Å². The molecule has 2 rings (SSSR count). The monoisotopic (exact) mass is 270 g/mol. The van der Waals surface area contributed by atoms with E-state index in [1.54, 1.807) is 0 Å². The average molecular weight is 270 g/mol. The van der Waals surface area contributed by atoms with Gasteiger partial charge in [-0.15, -0.1) is 11.8 Å². The van der Waals surface area contributed by atoms with E-state index < -0.39 is 4.92 Å². The summed E-state index contributed by atoms with van der Waals surface area (Å²) in [6, 6.07) is 14.1. The topological polar surface area (TPSA) is 47.5 Å². The van der Waals surface area contributed by atoms with Gasteiger partial charge in [-0.1, -0.05) is 30.3 Å². The summed E-state index contributed by atoms with van der Waals surface area (Å²) in [6.45, 7) is 7.09. The molecule has 0 saturated carbocycles. The van der Waals surface area contributed by atoms with Crippen LogP contribution in [0.15, 0.2) is 53.4 Å². The van der Waals surface area contributed by atoms with Crippen molar-refractivity contribution in [3.05, 3.63) is 75.6 Å². The molecule has 0 amide bonds. The molecule has 0 fully saturated rings. The van der Waals surface area contributed by atoms with E-state index in [9.17, 15) is 10.1 Å². The van der Waals surface area contributed by atoms with Crippen molar-refractivity contribution < 1.29 is 4.92 Å². The molecule has 19 heavy (non-hydrogen) atoms. The van der Waals surface area contributed by atoms with Gasteiger partial charge in [0, 0.05) is 22.8 Å². The third-order valence-corrected chi connectivity index (χ3v) is 3.63. The number of nitrogens with zero attached hydrogens (tertiary/aromatic N) is 2. The van der Waals surface area contributed by atoms with E-state index in [2.05, 4.69) is 4.85 Å². The van der Waals surface area contributed by atoms with Crippen LogP contribution in [0.3, 0.4) is 0 Å². The fourth-order valence-electron chi connectivity index (χ4n) is 1.56. The molecule has 94 valence electrons. The third-order valence-electron chi connectivity index (χ3n) is 2.51. The summed E-state index contributed by atoms with van der Waals surface area (Å²) in [5.41, 5.74) is 1.59. The van der Waals surface area contributed by atoms with Gasteiger partial charge in [0.05, 0.1) is 11.5 Å². The zero-order chi connectivity index (χ0) is 13.7. The van der Waals surface area contributed by atoms with Gasteiger partial charge in [0.25, 0.3) is 5.69 Å². The van der Waals surface area contributed by atoms with Crippen LogP contribution in [-0.2, 0) is 5.75 Å². The van der Waals surface area contributed by atoms with Crippen LogP contribution < -0.4 is 0 Å². The summed E-state index contributed by atoms with van der Waals surface area (Å²) in [4.78, 5) is 14.3. The number of nitro benzene ring substituents is 1. The van der Waals surface area contributed by atoms with E-state index in [4.69, 9.17) is 6.57 Å². The summed E-state index contributed by atoms with van der Waals surface area (Å²) in [6.07, 6.45) is 0. The number of hydrogen-bond donors (Lipinski definition) is 0. The molecule has 0 unspecified atom stereocenters. The van der Waals surface area contributed by atoms with Gasteiger partial charge in [-0.25, -0.2) is 4.85 Å². The van der Waals surface area contributed by atoms with Crippen LogP contribution in [0, 0.1) is 16.7 Å². The summed E-state index contributed by atoms with van der Waals surface area (Å²) in [5, 5.41) is 10.7. The lowest BCUT2D eigenvalue weighted by Gasteiger charge is -2.04. The molecule has 4 nitrogen and oxygen atoms in total. The van der Waals surface area contributed by atoms with Gasteiger partial charge in [-0.05, 0) is 11.6 Å². The van der Waals surface area contributed by atoms with Crippen LogP contribution in [0.4, 0.5) is 11.4 Å². The molecule has 0 bridgehead atoms. The van der Waals surface area contributed by atoms with Gasteiger partial charge < -0.3 is 0 Å². The van der Waals surface area contributed by atoms with Crippen molar-refractivity contribution in [1.29, 1.82) is 0 Å². The fraction of sp³-hybridized carbons (Fsp3) is 0.0714. The maximum Gasteiger partial charge on any atom is 0.268 e. The van der Waals surface area contributed by atoms with Crippen molar-refractivity contribution in [2.24, 2.45) is 0 Å². The maximum absolute atomic E-state index is 10.7. The maximum atomic E-state index is 10.7. The lowest BCUT2D eigenvalue weighted by Crippen LogP contribution is -1.88. The minimum absolute atomic E-state index is 0.0166. The number of rotatable bonds is 4. The summed E-state index contributed by atoms with van der Waals surface area (Å²) in [5.74, 6) is 0.685. The Labute approximate surface area is 115 Å². The normalized spacial score (nSPS) is 9.84. The molecule has 0 aliphatic rings. The first-order valence-electron chi connectivity index (χ1n) is 5.53. The zero-order valence-electron chi connectivity index (χ0n) is 9.95. The highest BCUT2D eigenvalue weighted by Crippen LogP contribution is 2.34. The lowest BCUT2D eigenvalue weighted by atomic mass is 10.2. The Balaban J connectivity index is 2.21. The minimum Gasteiger partial charge on any atom is -0.258 e. The highest BCUT2D eigenvalue weighted by molar-refractivity contribution is 7.98. The number of benzene rings is 2. The standard InChI is InChI=1S/C14H10N2O2S/c1-15-13-8-7-12(16(17)18)9-14(13)19-10-11-5-3-2-4-6-11/h2-9H,10H2. The molecular formula is C14H10N2O2S. The first-order chi connectivity index (χ1) is 9.20. The second kappa shape index (κ2) is 6.03. The molecule has 0 radical (unpaired) electrons. The smallest absolute Gasteiger partial charge is 0.258 e. The van der Waals surface area contributed by atoms with E-state index in [0.29, 0.717) is 16.3 Å². The Bertz CT molecular complexity index is 636. The van der Waals surface area contributed by atoms with Crippen LogP contribution in [0.25, 0.3) is 4.85 Å². The largest absolute Gasteiger partial charge is 0.268 e. The SMILES string of the molecule is [C-]#[N+]c1ccc([N+](=O)[O-])cc1SCc1ccccc1. The Morgan fingerprint density at radius 3 is 2.58 bits per heavy atom. The molecule has 5 heteroatoms. The Hall–Kier alpha value is -2.32. The number of hydrogen-bond acceptors (Lipinski definition) is 3. The van der Waals surface area contributed by atoms with Crippen LogP contribution in [-0.4, -0.2) is 4.92 Å². The van der Waals surface area contributed by atoms with Crippen LogP contribution in [0.2, 0.25) is 0 Å². The van der Waals surface area contributed by atoms with Crippen molar-refractivity contribution in [2.75, 3.05) is 0 Å². The van der Waals surface area contributed by atoms with Crippen molar-refractivity contribution >= 4 is 23.1 Å². The molecule has 0 aliphatic heterocycles. The Kier molecular flexibility index (Phi) is 4.16. The number of nitro groups is 1. The molecule has 2 aromatic rings. The molecule has 0 aliphatic carbocycles. The van der Waals surface area contributed by atoms with Gasteiger partial charge in [-0.3, -0.25) is 10.1 Å². The fourth-order valence-corrected chi connectivity index (χ4v) is 2.54. The Morgan fingerprint density at radius 1 is 1.21 bits per heavy atom. The second-order valence-corrected chi connectivity index (χ2v) is 4.81. The molecule has 0 atom stereocenters. The summed E-state index contributed by atoms with van der Waals surface area (Å²) >= 11 is 1.44. The molecule has 0 spiro atoms. The third kappa shape index (κ3) is 3.33. The molecule has 0 saturated heterocycles. The summed E-state index contributed by atoms with van der Waals surface area (Å²) < 4.78 is 0. The summed E-state index contributed by atoms with van der Waals surface area (Å²) in [7, 11) is 0. The van der Waals surface area contributed by atoms with Crippen molar-refractivity contribution in [3.8, 4) is 0 Å². The zero-order valence-corrected chi connectivity index (χ0v) is 10.8. The van der Waals surface area contributed by atoms with Crippen LogP contribution in [0.1, 0.15) is 5.56 Å². The van der Waals surface area contributed by atoms with Crippen LogP contribution >= 0.6 is 11.8 Å². The first-order valence-corrected chi connectivity index (χ1v) is 6.52. The highest BCUT2D eigenvalue weighted by Gasteiger charge is 2.11.